The quantitative estimate of drug-likeness (QED) is 0.721. The monoisotopic (exact) mass is 439 g/mol. The normalized spacial score (nSPS) is 15.0. The van der Waals surface area contributed by atoms with Gasteiger partial charge in [0.2, 0.25) is 10.0 Å². The molecule has 1 aliphatic heterocycles. The van der Waals surface area contributed by atoms with Crippen molar-refractivity contribution in [3.8, 4) is 23.3 Å². The highest BCUT2D eigenvalue weighted by molar-refractivity contribution is 7.89. The lowest BCUT2D eigenvalue weighted by Gasteiger charge is -2.17. The SMILES string of the molecule is CC1(C)Cc2cccc(OCC#CCNS(=O)(=O)c3cccc(C(F)(F)F)c3)c2O1. The third-order valence-electron chi connectivity index (χ3n) is 4.30. The van der Waals surface area contributed by atoms with Gasteiger partial charge in [-0.15, -0.1) is 0 Å². The Bertz CT molecular complexity index is 1100. The summed E-state index contributed by atoms with van der Waals surface area (Å²) in [5.41, 5.74) is -0.306. The van der Waals surface area contributed by atoms with Gasteiger partial charge in [-0.2, -0.15) is 17.9 Å². The minimum Gasteiger partial charge on any atom is -0.483 e. The van der Waals surface area contributed by atoms with Gasteiger partial charge in [-0.05, 0) is 38.1 Å². The maximum Gasteiger partial charge on any atom is 0.416 e. The molecular formula is C21H20F3NO4S. The molecule has 0 fully saturated rings. The second-order valence-electron chi connectivity index (χ2n) is 7.28. The van der Waals surface area contributed by atoms with Crippen LogP contribution in [-0.4, -0.2) is 27.2 Å². The van der Waals surface area contributed by atoms with Crippen LogP contribution in [0.1, 0.15) is 25.0 Å². The highest BCUT2D eigenvalue weighted by Crippen LogP contribution is 2.41. The zero-order valence-electron chi connectivity index (χ0n) is 16.3. The maximum atomic E-state index is 12.8. The molecule has 0 aromatic heterocycles. The number of fused-ring (bicyclic) bond motifs is 1. The first-order valence-electron chi connectivity index (χ1n) is 9.04. The molecule has 0 spiro atoms. The summed E-state index contributed by atoms with van der Waals surface area (Å²) in [5, 5.41) is 0. The highest BCUT2D eigenvalue weighted by atomic mass is 32.2. The van der Waals surface area contributed by atoms with Crippen LogP contribution in [0, 0.1) is 11.8 Å². The van der Waals surface area contributed by atoms with Gasteiger partial charge in [-0.3, -0.25) is 0 Å². The second-order valence-corrected chi connectivity index (χ2v) is 9.04. The molecule has 0 aliphatic carbocycles. The molecular weight excluding hydrogens is 419 g/mol. The van der Waals surface area contributed by atoms with E-state index in [0.717, 1.165) is 30.2 Å². The molecule has 3 rings (SSSR count). The van der Waals surface area contributed by atoms with Crippen molar-refractivity contribution < 1.29 is 31.1 Å². The standard InChI is InChI=1S/C21H20F3NO4S/c1-20(2)14-15-7-5-10-18(19(15)29-20)28-12-4-3-11-25-30(26,27)17-9-6-8-16(13-17)21(22,23)24/h5-10,13,25H,11-12,14H2,1-2H3. The predicted octanol–water partition coefficient (Wildman–Crippen LogP) is 3.78. The van der Waals surface area contributed by atoms with Crippen LogP contribution in [0.4, 0.5) is 13.2 Å². The lowest BCUT2D eigenvalue weighted by Crippen LogP contribution is -2.24. The Labute approximate surface area is 173 Å². The van der Waals surface area contributed by atoms with Crippen LogP contribution >= 0.6 is 0 Å². The Morgan fingerprint density at radius 1 is 1.17 bits per heavy atom. The number of sulfonamides is 1. The van der Waals surface area contributed by atoms with Crippen molar-refractivity contribution >= 4 is 10.0 Å². The van der Waals surface area contributed by atoms with E-state index < -0.39 is 26.7 Å². The van der Waals surface area contributed by atoms with Crippen LogP contribution in [0.5, 0.6) is 11.5 Å². The van der Waals surface area contributed by atoms with E-state index in [1.165, 1.54) is 0 Å². The molecule has 1 N–H and O–H groups in total. The molecule has 0 unspecified atom stereocenters. The topological polar surface area (TPSA) is 64.6 Å². The first kappa shape index (κ1) is 22.0. The van der Waals surface area contributed by atoms with Crippen LogP contribution in [0.15, 0.2) is 47.4 Å². The third-order valence-corrected chi connectivity index (χ3v) is 5.70. The summed E-state index contributed by atoms with van der Waals surface area (Å²) in [7, 11) is -4.12. The molecule has 1 heterocycles. The Hall–Kier alpha value is -2.70. The first-order valence-corrected chi connectivity index (χ1v) is 10.5. The number of hydrogen-bond donors (Lipinski definition) is 1. The molecule has 0 saturated carbocycles. The van der Waals surface area contributed by atoms with Gasteiger partial charge in [0.1, 0.15) is 12.2 Å². The van der Waals surface area contributed by atoms with Crippen molar-refractivity contribution in [2.75, 3.05) is 13.2 Å². The summed E-state index contributed by atoms with van der Waals surface area (Å²) in [6, 6.07) is 9.10. The summed E-state index contributed by atoms with van der Waals surface area (Å²) < 4.78 is 76.2. The Balaban J connectivity index is 1.56. The largest absolute Gasteiger partial charge is 0.483 e. The molecule has 0 saturated heterocycles. The van der Waals surface area contributed by atoms with Crippen molar-refractivity contribution in [2.45, 2.75) is 36.9 Å². The molecule has 0 amide bonds. The minimum atomic E-state index is -4.63. The number of ether oxygens (including phenoxy) is 2. The molecule has 5 nitrogen and oxygen atoms in total. The third kappa shape index (κ3) is 5.26. The van der Waals surface area contributed by atoms with E-state index in [1.807, 2.05) is 26.0 Å². The van der Waals surface area contributed by atoms with E-state index in [1.54, 1.807) is 6.07 Å². The fraction of sp³-hybridized carbons (Fsp3) is 0.333. The number of para-hydroxylation sites is 1. The van der Waals surface area contributed by atoms with Gasteiger partial charge in [0.15, 0.2) is 11.5 Å². The van der Waals surface area contributed by atoms with Gasteiger partial charge in [0, 0.05) is 12.0 Å². The molecule has 160 valence electrons. The second kappa shape index (κ2) is 8.20. The molecule has 0 atom stereocenters. The smallest absolute Gasteiger partial charge is 0.416 e. The first-order chi connectivity index (χ1) is 14.0. The molecule has 0 radical (unpaired) electrons. The average Bonchev–Trinajstić information content (AvgIpc) is 2.98. The minimum absolute atomic E-state index is 0.00548. The van der Waals surface area contributed by atoms with Crippen LogP contribution in [0.2, 0.25) is 0 Å². The van der Waals surface area contributed by atoms with Gasteiger partial charge in [0.25, 0.3) is 0 Å². The van der Waals surface area contributed by atoms with Gasteiger partial charge in [-0.1, -0.05) is 30.0 Å². The van der Waals surface area contributed by atoms with Crippen molar-refractivity contribution in [3.05, 3.63) is 53.6 Å². The zero-order valence-corrected chi connectivity index (χ0v) is 17.2. The van der Waals surface area contributed by atoms with E-state index in [2.05, 4.69) is 16.6 Å². The van der Waals surface area contributed by atoms with E-state index in [-0.39, 0.29) is 18.8 Å². The Kier molecular flexibility index (Phi) is 6.01. The zero-order chi connectivity index (χ0) is 22.0. The Morgan fingerprint density at radius 2 is 1.90 bits per heavy atom. The molecule has 30 heavy (non-hydrogen) atoms. The fourth-order valence-corrected chi connectivity index (χ4v) is 3.95. The van der Waals surface area contributed by atoms with Crippen LogP contribution in [0.25, 0.3) is 0 Å². The van der Waals surface area contributed by atoms with Gasteiger partial charge in [0.05, 0.1) is 17.0 Å². The fourth-order valence-electron chi connectivity index (χ4n) is 2.98. The number of alkyl halides is 3. The van der Waals surface area contributed by atoms with Crippen LogP contribution in [-0.2, 0) is 22.6 Å². The molecule has 2 aromatic carbocycles. The van der Waals surface area contributed by atoms with E-state index >= 15 is 0 Å². The number of rotatable bonds is 5. The summed E-state index contributed by atoms with van der Waals surface area (Å²) in [6.07, 6.45) is -3.86. The summed E-state index contributed by atoms with van der Waals surface area (Å²) >= 11 is 0. The lowest BCUT2D eigenvalue weighted by molar-refractivity contribution is -0.137. The average molecular weight is 439 g/mol. The predicted molar refractivity (Wildman–Crippen MR) is 105 cm³/mol. The van der Waals surface area contributed by atoms with Crippen LogP contribution < -0.4 is 14.2 Å². The number of benzene rings is 2. The van der Waals surface area contributed by atoms with Crippen LogP contribution in [0.3, 0.4) is 0 Å². The van der Waals surface area contributed by atoms with E-state index in [0.29, 0.717) is 17.6 Å². The molecule has 9 heteroatoms. The van der Waals surface area contributed by atoms with Crippen molar-refractivity contribution in [1.29, 1.82) is 0 Å². The molecule has 0 bridgehead atoms. The lowest BCUT2D eigenvalue weighted by atomic mass is 10.0. The van der Waals surface area contributed by atoms with E-state index in [9.17, 15) is 21.6 Å². The maximum absolute atomic E-state index is 12.8. The van der Waals surface area contributed by atoms with Gasteiger partial charge in [-0.25, -0.2) is 8.42 Å². The number of nitrogens with one attached hydrogen (secondary N) is 1. The Morgan fingerprint density at radius 3 is 2.63 bits per heavy atom. The van der Waals surface area contributed by atoms with Crippen molar-refractivity contribution in [2.24, 2.45) is 0 Å². The molecule has 1 aliphatic rings. The van der Waals surface area contributed by atoms with Crippen molar-refractivity contribution in [1.82, 2.24) is 4.72 Å². The number of halogens is 3. The van der Waals surface area contributed by atoms with Crippen molar-refractivity contribution in [3.63, 3.8) is 0 Å². The van der Waals surface area contributed by atoms with Gasteiger partial charge < -0.3 is 9.47 Å². The summed E-state index contributed by atoms with van der Waals surface area (Å²) in [6.45, 7) is 3.70. The van der Waals surface area contributed by atoms with Gasteiger partial charge >= 0.3 is 6.18 Å². The van der Waals surface area contributed by atoms with E-state index in [4.69, 9.17) is 9.47 Å². The number of hydrogen-bond acceptors (Lipinski definition) is 4. The molecule has 2 aromatic rings. The summed E-state index contributed by atoms with van der Waals surface area (Å²) in [4.78, 5) is -0.477. The summed E-state index contributed by atoms with van der Waals surface area (Å²) in [5.74, 6) is 6.48. The highest BCUT2D eigenvalue weighted by Gasteiger charge is 2.32.